The van der Waals surface area contributed by atoms with Gasteiger partial charge in [0.25, 0.3) is 0 Å². The van der Waals surface area contributed by atoms with Gasteiger partial charge in [0.05, 0.1) is 7.11 Å². The molecule has 0 aliphatic carbocycles. The Morgan fingerprint density at radius 1 is 1.50 bits per heavy atom. The Balaban J connectivity index is 2.94. The predicted molar refractivity (Wildman–Crippen MR) is 59.5 cm³/mol. The van der Waals surface area contributed by atoms with Crippen LogP contribution in [0, 0.1) is 0 Å². The Kier molecular flexibility index (Phi) is 4.79. The number of benzene rings is 1. The van der Waals surface area contributed by atoms with Crippen molar-refractivity contribution in [3.63, 3.8) is 0 Å². The number of hydrogen-bond acceptors (Lipinski definition) is 3. The Labute approximate surface area is 97.4 Å². The van der Waals surface area contributed by atoms with Gasteiger partial charge in [-0.1, -0.05) is 12.1 Å². The summed E-state index contributed by atoms with van der Waals surface area (Å²) in [7, 11) is 1.45. The molecule has 3 nitrogen and oxygen atoms in total. The molecule has 0 heterocycles. The zero-order chi connectivity index (χ0) is 12.0. The largest absolute Gasteiger partial charge is 0.493 e. The molecule has 0 spiro atoms. The molecule has 0 fully saturated rings. The van der Waals surface area contributed by atoms with Crippen LogP contribution in [0.15, 0.2) is 24.3 Å². The molecule has 86 valence electrons. The van der Waals surface area contributed by atoms with E-state index in [0.29, 0.717) is 17.1 Å². The second-order valence-corrected chi connectivity index (χ2v) is 3.17. The highest BCUT2D eigenvalue weighted by molar-refractivity contribution is 6.66. The second kappa shape index (κ2) is 6.12. The van der Waals surface area contributed by atoms with E-state index in [4.69, 9.17) is 21.1 Å². The number of rotatable bonds is 5. The van der Waals surface area contributed by atoms with E-state index < -0.39 is 12.1 Å². The molecule has 1 rings (SSSR count). The van der Waals surface area contributed by atoms with Crippen molar-refractivity contribution in [2.45, 2.75) is 0 Å². The van der Waals surface area contributed by atoms with E-state index in [1.165, 1.54) is 19.3 Å². The van der Waals surface area contributed by atoms with Gasteiger partial charge in [-0.15, -0.1) is 0 Å². The molecule has 0 amide bonds. The first-order valence-corrected chi connectivity index (χ1v) is 4.79. The first-order chi connectivity index (χ1) is 7.67. The molecule has 0 saturated carbocycles. The molecule has 5 heteroatoms. The van der Waals surface area contributed by atoms with Crippen LogP contribution < -0.4 is 9.47 Å². The van der Waals surface area contributed by atoms with Crippen molar-refractivity contribution in [2.24, 2.45) is 0 Å². The Hall–Kier alpha value is -1.55. The van der Waals surface area contributed by atoms with Gasteiger partial charge in [-0.05, 0) is 35.4 Å². The third kappa shape index (κ3) is 3.55. The second-order valence-electron chi connectivity index (χ2n) is 2.80. The molecule has 0 N–H and O–H groups in total. The summed E-state index contributed by atoms with van der Waals surface area (Å²) in [6, 6.07) is 4.82. The lowest BCUT2D eigenvalue weighted by Gasteiger charge is -2.08. The molecule has 0 unspecified atom stereocenters. The smallest absolute Gasteiger partial charge is 0.245 e. The minimum Gasteiger partial charge on any atom is -0.493 e. The van der Waals surface area contributed by atoms with Gasteiger partial charge in [0.2, 0.25) is 12.1 Å². The summed E-state index contributed by atoms with van der Waals surface area (Å²) in [5.41, 5.74) is 0.706. The number of alkyl halides is 1. The summed E-state index contributed by atoms with van der Waals surface area (Å²) in [5, 5.41) is -0.567. The first-order valence-electron chi connectivity index (χ1n) is 4.41. The maximum Gasteiger partial charge on any atom is 0.245 e. The molecule has 0 aliphatic heterocycles. The van der Waals surface area contributed by atoms with Crippen LogP contribution in [-0.4, -0.2) is 19.2 Å². The fraction of sp³-hybridized carbons (Fsp3) is 0.182. The highest BCUT2D eigenvalue weighted by Crippen LogP contribution is 2.28. The average molecular weight is 245 g/mol. The van der Waals surface area contributed by atoms with Crippen LogP contribution in [0.4, 0.5) is 4.39 Å². The zero-order valence-electron chi connectivity index (χ0n) is 8.57. The van der Waals surface area contributed by atoms with Crippen molar-refractivity contribution < 1.29 is 18.7 Å². The number of carbonyl (C=O) groups is 1. The maximum absolute atomic E-state index is 12.0. The van der Waals surface area contributed by atoms with Crippen LogP contribution in [0.2, 0.25) is 0 Å². The number of halogens is 2. The van der Waals surface area contributed by atoms with Gasteiger partial charge in [0.1, 0.15) is 0 Å². The average Bonchev–Trinajstić information content (AvgIpc) is 2.28. The number of methoxy groups -OCH3 is 1. The molecular weight excluding hydrogens is 235 g/mol. The summed E-state index contributed by atoms with van der Waals surface area (Å²) in [6.07, 6.45) is 2.74. The van der Waals surface area contributed by atoms with Crippen LogP contribution in [0.3, 0.4) is 0 Å². The third-order valence-electron chi connectivity index (χ3n) is 1.80. The molecule has 0 radical (unpaired) electrons. The minimum atomic E-state index is -0.925. The maximum atomic E-state index is 12.0. The summed E-state index contributed by atoms with van der Waals surface area (Å²) in [5.74, 6) is 0.696. The fourth-order valence-corrected chi connectivity index (χ4v) is 1.19. The van der Waals surface area contributed by atoms with Gasteiger partial charge in [-0.25, -0.2) is 4.39 Å². The van der Waals surface area contributed by atoms with E-state index >= 15 is 0 Å². The summed E-state index contributed by atoms with van der Waals surface area (Å²) in [6.45, 7) is -0.925. The van der Waals surface area contributed by atoms with Crippen molar-refractivity contribution in [3.8, 4) is 11.5 Å². The van der Waals surface area contributed by atoms with Crippen LogP contribution in [0.1, 0.15) is 5.56 Å². The van der Waals surface area contributed by atoms with Gasteiger partial charge in [-0.3, -0.25) is 4.79 Å². The number of ether oxygens (including phenoxy) is 2. The molecule has 0 atom stereocenters. The highest BCUT2D eigenvalue weighted by Gasteiger charge is 2.04. The molecule has 1 aromatic carbocycles. The Morgan fingerprint density at radius 2 is 2.25 bits per heavy atom. The van der Waals surface area contributed by atoms with Crippen molar-refractivity contribution in [1.29, 1.82) is 0 Å². The standard InChI is InChI=1S/C11H10ClFO3/c1-15-10-6-8(3-5-11(12)14)2-4-9(10)16-7-13/h2-6H,7H2,1H3/b5-3+. The van der Waals surface area contributed by atoms with Crippen molar-refractivity contribution in [3.05, 3.63) is 29.8 Å². The van der Waals surface area contributed by atoms with Gasteiger partial charge < -0.3 is 9.47 Å². The first kappa shape index (κ1) is 12.5. The summed E-state index contributed by atoms with van der Waals surface area (Å²) < 4.78 is 21.7. The Bertz CT molecular complexity index is 404. The monoisotopic (exact) mass is 244 g/mol. The summed E-state index contributed by atoms with van der Waals surface area (Å²) >= 11 is 5.15. The van der Waals surface area contributed by atoms with Crippen molar-refractivity contribution in [2.75, 3.05) is 14.0 Å². The lowest BCUT2D eigenvalue weighted by atomic mass is 10.2. The van der Waals surface area contributed by atoms with Crippen molar-refractivity contribution in [1.82, 2.24) is 0 Å². The van der Waals surface area contributed by atoms with E-state index in [9.17, 15) is 9.18 Å². The third-order valence-corrected chi connectivity index (χ3v) is 1.93. The van der Waals surface area contributed by atoms with Crippen LogP contribution in [0.5, 0.6) is 11.5 Å². The zero-order valence-corrected chi connectivity index (χ0v) is 9.33. The van der Waals surface area contributed by atoms with E-state index in [1.807, 2.05) is 0 Å². The number of carbonyl (C=O) groups excluding carboxylic acids is 1. The molecule has 1 aromatic rings. The summed E-state index contributed by atoms with van der Waals surface area (Å²) in [4.78, 5) is 10.5. The normalized spacial score (nSPS) is 10.4. The minimum absolute atomic E-state index is 0.305. The molecule has 16 heavy (non-hydrogen) atoms. The van der Waals surface area contributed by atoms with E-state index in [1.54, 1.807) is 18.2 Å². The van der Waals surface area contributed by atoms with E-state index in [0.717, 1.165) is 0 Å². The molecule has 0 bridgehead atoms. The van der Waals surface area contributed by atoms with Gasteiger partial charge in [-0.2, -0.15) is 0 Å². The lowest BCUT2D eigenvalue weighted by molar-refractivity contribution is -0.107. The van der Waals surface area contributed by atoms with Crippen LogP contribution >= 0.6 is 11.6 Å². The van der Waals surface area contributed by atoms with E-state index in [-0.39, 0.29) is 0 Å². The topological polar surface area (TPSA) is 35.5 Å². The fourth-order valence-electron chi connectivity index (χ4n) is 1.13. The lowest BCUT2D eigenvalue weighted by Crippen LogP contribution is -1.94. The molecular formula is C11H10ClFO3. The van der Waals surface area contributed by atoms with Gasteiger partial charge >= 0.3 is 0 Å². The van der Waals surface area contributed by atoms with Crippen molar-refractivity contribution >= 4 is 22.9 Å². The SMILES string of the molecule is COc1cc(/C=C/C(=O)Cl)ccc1OCF. The van der Waals surface area contributed by atoms with E-state index in [2.05, 4.69) is 0 Å². The van der Waals surface area contributed by atoms with Crippen LogP contribution in [-0.2, 0) is 4.79 Å². The molecule has 0 aromatic heterocycles. The molecule has 0 saturated heterocycles. The van der Waals surface area contributed by atoms with Crippen LogP contribution in [0.25, 0.3) is 6.08 Å². The number of allylic oxidation sites excluding steroid dienone is 1. The Morgan fingerprint density at radius 3 is 2.81 bits per heavy atom. The highest BCUT2D eigenvalue weighted by atomic mass is 35.5. The molecule has 0 aliphatic rings. The van der Waals surface area contributed by atoms with Gasteiger partial charge in [0, 0.05) is 0 Å². The number of hydrogen-bond donors (Lipinski definition) is 0. The quantitative estimate of drug-likeness (QED) is 0.590. The predicted octanol–water partition coefficient (Wildman–Crippen LogP) is 2.78. The van der Waals surface area contributed by atoms with Gasteiger partial charge in [0.15, 0.2) is 11.5 Å².